The molecule has 4 heteroatoms. The van der Waals surface area contributed by atoms with Gasteiger partial charge in [-0.3, -0.25) is 9.48 Å². The number of carbonyl (C=O) groups is 1. The average molecular weight is 333 g/mol. The van der Waals surface area contributed by atoms with E-state index in [-0.39, 0.29) is 5.91 Å². The SMILES string of the molecule is CCCCc1ccc(NC(=O)c2cnn(Cc3ccccc3)c2)cc1. The number of aromatic nitrogens is 2. The Bertz CT molecular complexity index is 807. The van der Waals surface area contributed by atoms with Gasteiger partial charge in [0.1, 0.15) is 0 Å². The zero-order valence-electron chi connectivity index (χ0n) is 14.5. The van der Waals surface area contributed by atoms with E-state index in [0.717, 1.165) is 17.7 Å². The maximum atomic E-state index is 12.4. The van der Waals surface area contributed by atoms with E-state index in [9.17, 15) is 4.79 Å². The number of nitrogens with zero attached hydrogens (tertiary/aromatic N) is 2. The Balaban J connectivity index is 1.60. The lowest BCUT2D eigenvalue weighted by Gasteiger charge is -2.05. The normalized spacial score (nSPS) is 10.6. The second-order valence-electron chi connectivity index (χ2n) is 6.17. The van der Waals surface area contributed by atoms with E-state index in [1.54, 1.807) is 17.1 Å². The Hall–Kier alpha value is -2.88. The van der Waals surface area contributed by atoms with Crippen molar-refractivity contribution in [2.75, 3.05) is 5.32 Å². The van der Waals surface area contributed by atoms with Crippen LogP contribution in [0.25, 0.3) is 0 Å². The van der Waals surface area contributed by atoms with Crippen molar-refractivity contribution < 1.29 is 4.79 Å². The summed E-state index contributed by atoms with van der Waals surface area (Å²) < 4.78 is 1.78. The van der Waals surface area contributed by atoms with Crippen LogP contribution >= 0.6 is 0 Å². The summed E-state index contributed by atoms with van der Waals surface area (Å²) >= 11 is 0. The summed E-state index contributed by atoms with van der Waals surface area (Å²) in [6.07, 6.45) is 6.83. The predicted molar refractivity (Wildman–Crippen MR) is 101 cm³/mol. The molecule has 128 valence electrons. The lowest BCUT2D eigenvalue weighted by atomic mass is 10.1. The highest BCUT2D eigenvalue weighted by Crippen LogP contribution is 2.13. The van der Waals surface area contributed by atoms with Crippen molar-refractivity contribution in [1.29, 1.82) is 0 Å². The molecule has 1 amide bonds. The third-order valence-electron chi connectivity index (χ3n) is 4.11. The monoisotopic (exact) mass is 333 g/mol. The molecule has 1 heterocycles. The van der Waals surface area contributed by atoms with Crippen molar-refractivity contribution >= 4 is 11.6 Å². The number of anilines is 1. The van der Waals surface area contributed by atoms with Crippen LogP contribution in [0.2, 0.25) is 0 Å². The zero-order chi connectivity index (χ0) is 17.5. The predicted octanol–water partition coefficient (Wildman–Crippen LogP) is 4.53. The number of carbonyl (C=O) groups excluding carboxylic acids is 1. The van der Waals surface area contributed by atoms with Crippen LogP contribution in [0.15, 0.2) is 67.0 Å². The second kappa shape index (κ2) is 8.29. The summed E-state index contributed by atoms with van der Waals surface area (Å²) in [6.45, 7) is 2.84. The lowest BCUT2D eigenvalue weighted by Crippen LogP contribution is -2.11. The Morgan fingerprint density at radius 3 is 2.52 bits per heavy atom. The van der Waals surface area contributed by atoms with Gasteiger partial charge in [0.2, 0.25) is 0 Å². The molecule has 3 rings (SSSR count). The number of hydrogen-bond acceptors (Lipinski definition) is 2. The number of unbranched alkanes of at least 4 members (excludes halogenated alkanes) is 1. The number of rotatable bonds is 7. The van der Waals surface area contributed by atoms with E-state index in [0.29, 0.717) is 12.1 Å². The van der Waals surface area contributed by atoms with E-state index in [2.05, 4.69) is 29.5 Å². The summed E-state index contributed by atoms with van der Waals surface area (Å²) in [4.78, 5) is 12.4. The molecule has 3 aromatic rings. The van der Waals surface area contributed by atoms with Crippen LogP contribution in [0, 0.1) is 0 Å². The fraction of sp³-hybridized carbons (Fsp3) is 0.238. The third-order valence-corrected chi connectivity index (χ3v) is 4.11. The molecule has 0 fully saturated rings. The van der Waals surface area contributed by atoms with Crippen LogP contribution in [-0.2, 0) is 13.0 Å². The number of hydrogen-bond donors (Lipinski definition) is 1. The van der Waals surface area contributed by atoms with Crippen LogP contribution in [-0.4, -0.2) is 15.7 Å². The first-order chi connectivity index (χ1) is 12.2. The van der Waals surface area contributed by atoms with Crippen molar-refractivity contribution in [2.45, 2.75) is 32.7 Å². The van der Waals surface area contributed by atoms with Crippen molar-refractivity contribution in [3.63, 3.8) is 0 Å². The molecule has 0 unspecified atom stereocenters. The first kappa shape index (κ1) is 17.0. The number of aryl methyl sites for hydroxylation is 1. The number of nitrogens with one attached hydrogen (secondary N) is 1. The molecule has 0 aliphatic carbocycles. The molecule has 0 aliphatic rings. The molecule has 0 saturated carbocycles. The van der Waals surface area contributed by atoms with E-state index in [1.165, 1.54) is 18.4 Å². The van der Waals surface area contributed by atoms with Gasteiger partial charge in [0.15, 0.2) is 0 Å². The molecule has 0 radical (unpaired) electrons. The summed E-state index contributed by atoms with van der Waals surface area (Å²) in [5, 5.41) is 7.20. The van der Waals surface area contributed by atoms with E-state index in [4.69, 9.17) is 0 Å². The molecule has 0 bridgehead atoms. The van der Waals surface area contributed by atoms with Gasteiger partial charge in [-0.25, -0.2) is 0 Å². The Kier molecular flexibility index (Phi) is 5.62. The fourth-order valence-electron chi connectivity index (χ4n) is 2.68. The molecular weight excluding hydrogens is 310 g/mol. The molecule has 2 aromatic carbocycles. The molecule has 0 atom stereocenters. The van der Waals surface area contributed by atoms with Gasteiger partial charge >= 0.3 is 0 Å². The number of amides is 1. The van der Waals surface area contributed by atoms with E-state index < -0.39 is 0 Å². The summed E-state index contributed by atoms with van der Waals surface area (Å²) in [5.74, 6) is -0.138. The standard InChI is InChI=1S/C21H23N3O/c1-2-3-7-17-10-12-20(13-11-17)23-21(25)19-14-22-24(16-19)15-18-8-5-4-6-9-18/h4-6,8-14,16H,2-3,7,15H2,1H3,(H,23,25). The maximum Gasteiger partial charge on any atom is 0.258 e. The topological polar surface area (TPSA) is 46.9 Å². The summed E-state index contributed by atoms with van der Waals surface area (Å²) in [5.41, 5.74) is 3.82. The van der Waals surface area contributed by atoms with Gasteiger partial charge in [-0.1, -0.05) is 55.8 Å². The van der Waals surface area contributed by atoms with Crippen LogP contribution < -0.4 is 5.32 Å². The minimum Gasteiger partial charge on any atom is -0.322 e. The third kappa shape index (κ3) is 4.80. The van der Waals surface area contributed by atoms with Gasteiger partial charge in [0, 0.05) is 11.9 Å². The molecule has 4 nitrogen and oxygen atoms in total. The molecule has 0 saturated heterocycles. The Labute approximate surface area is 148 Å². The Morgan fingerprint density at radius 1 is 1.04 bits per heavy atom. The van der Waals surface area contributed by atoms with Crippen LogP contribution in [0.4, 0.5) is 5.69 Å². The molecule has 25 heavy (non-hydrogen) atoms. The highest BCUT2D eigenvalue weighted by Gasteiger charge is 2.09. The van der Waals surface area contributed by atoms with Crippen molar-refractivity contribution in [2.24, 2.45) is 0 Å². The Morgan fingerprint density at radius 2 is 1.80 bits per heavy atom. The maximum absolute atomic E-state index is 12.4. The van der Waals surface area contributed by atoms with Crippen LogP contribution in [0.1, 0.15) is 41.3 Å². The van der Waals surface area contributed by atoms with Crippen LogP contribution in [0.5, 0.6) is 0 Å². The summed E-state index contributed by atoms with van der Waals surface area (Å²) in [7, 11) is 0. The summed E-state index contributed by atoms with van der Waals surface area (Å²) in [6, 6.07) is 18.1. The van der Waals surface area contributed by atoms with Crippen LogP contribution in [0.3, 0.4) is 0 Å². The van der Waals surface area contributed by atoms with E-state index >= 15 is 0 Å². The molecule has 0 spiro atoms. The van der Waals surface area contributed by atoms with Crippen molar-refractivity contribution in [3.8, 4) is 0 Å². The zero-order valence-corrected chi connectivity index (χ0v) is 14.5. The fourth-order valence-corrected chi connectivity index (χ4v) is 2.68. The molecule has 1 N–H and O–H groups in total. The van der Waals surface area contributed by atoms with Gasteiger partial charge < -0.3 is 5.32 Å². The largest absolute Gasteiger partial charge is 0.322 e. The van der Waals surface area contributed by atoms with Gasteiger partial charge in [-0.2, -0.15) is 5.10 Å². The van der Waals surface area contributed by atoms with Gasteiger partial charge in [-0.05, 0) is 36.1 Å². The highest BCUT2D eigenvalue weighted by atomic mass is 16.1. The molecular formula is C21H23N3O. The average Bonchev–Trinajstić information content (AvgIpc) is 3.11. The number of benzene rings is 2. The first-order valence-electron chi connectivity index (χ1n) is 8.71. The molecule has 1 aromatic heterocycles. The first-order valence-corrected chi connectivity index (χ1v) is 8.71. The van der Waals surface area contributed by atoms with E-state index in [1.807, 2.05) is 42.5 Å². The minimum absolute atomic E-state index is 0.138. The molecule has 0 aliphatic heterocycles. The van der Waals surface area contributed by atoms with Gasteiger partial charge in [-0.15, -0.1) is 0 Å². The van der Waals surface area contributed by atoms with Crippen molar-refractivity contribution in [3.05, 3.63) is 83.7 Å². The smallest absolute Gasteiger partial charge is 0.258 e. The van der Waals surface area contributed by atoms with Crippen molar-refractivity contribution in [1.82, 2.24) is 9.78 Å². The second-order valence-corrected chi connectivity index (χ2v) is 6.17. The van der Waals surface area contributed by atoms with Gasteiger partial charge in [0.05, 0.1) is 18.3 Å². The highest BCUT2D eigenvalue weighted by molar-refractivity contribution is 6.03. The van der Waals surface area contributed by atoms with Gasteiger partial charge in [0.25, 0.3) is 5.91 Å². The minimum atomic E-state index is -0.138. The quantitative estimate of drug-likeness (QED) is 0.690. The lowest BCUT2D eigenvalue weighted by molar-refractivity contribution is 0.102.